The number of carbonyl (C=O) groups is 1. The number of hydrogen-bond donors (Lipinski definition) is 3. The van der Waals surface area contributed by atoms with E-state index in [0.29, 0.717) is 28.1 Å². The average Bonchev–Trinajstić information content (AvgIpc) is 3.57. The largest absolute Gasteiger partial charge is 0.337 e. The highest BCUT2D eigenvalue weighted by atomic mass is 19.1. The number of anilines is 3. The van der Waals surface area contributed by atoms with Crippen LogP contribution < -0.4 is 10.6 Å². The van der Waals surface area contributed by atoms with E-state index in [9.17, 15) is 9.18 Å². The maximum absolute atomic E-state index is 14.5. The fourth-order valence-corrected chi connectivity index (χ4v) is 4.99. The lowest BCUT2D eigenvalue weighted by Gasteiger charge is -2.17. The van der Waals surface area contributed by atoms with Gasteiger partial charge in [-0.05, 0) is 62.3 Å². The minimum atomic E-state index is -0.397. The Morgan fingerprint density at radius 1 is 1.13 bits per heavy atom. The van der Waals surface area contributed by atoms with Crippen molar-refractivity contribution in [2.75, 3.05) is 24.2 Å². The normalized spacial score (nSPS) is 16.0. The number of H-pyrrole nitrogens is 1. The third-order valence-electron chi connectivity index (χ3n) is 6.97. The molecule has 6 rings (SSSR count). The molecule has 0 aliphatic carbocycles. The summed E-state index contributed by atoms with van der Waals surface area (Å²) in [6, 6.07) is 16.2. The molecular formula is C29H26FN7O. The summed E-state index contributed by atoms with van der Waals surface area (Å²) in [5, 5.41) is 14.9. The Morgan fingerprint density at radius 3 is 2.87 bits per heavy atom. The lowest BCUT2D eigenvalue weighted by molar-refractivity contribution is -0.111. The monoisotopic (exact) mass is 507 g/mol. The number of benzene rings is 3. The topological polar surface area (TPSA) is 98.8 Å². The summed E-state index contributed by atoms with van der Waals surface area (Å²) in [5.74, 6) is -0.195. The Labute approximate surface area is 218 Å². The molecule has 0 radical (unpaired) electrons. The van der Waals surface area contributed by atoms with E-state index in [0.717, 1.165) is 41.4 Å². The quantitative estimate of drug-likeness (QED) is 0.257. The highest BCUT2D eigenvalue weighted by Crippen LogP contribution is 2.40. The van der Waals surface area contributed by atoms with Gasteiger partial charge in [-0.1, -0.05) is 30.3 Å². The van der Waals surface area contributed by atoms with Crippen LogP contribution in [0.5, 0.6) is 0 Å². The molecule has 3 N–H and O–H groups in total. The zero-order chi connectivity index (χ0) is 26.1. The standard InChI is InChI=1S/C29H26FN7O/c1-37-14-4-5-20(37)10-13-26(38)34-24-12-11-23-28(27(24)18-8-9-19-16-33-36-25(19)15-18)29(32-17-31-23)35-22-7-3-2-6-21(22)30/h2-3,6-13,15-17,20H,4-5,14H2,1H3,(H,33,36)(H,34,38)(H,31,32,35). The molecule has 190 valence electrons. The number of amides is 1. The van der Waals surface area contributed by atoms with Crippen LogP contribution in [0.25, 0.3) is 32.9 Å². The molecule has 1 amide bonds. The smallest absolute Gasteiger partial charge is 0.248 e. The molecule has 3 heterocycles. The number of para-hydroxylation sites is 1. The maximum Gasteiger partial charge on any atom is 0.248 e. The maximum atomic E-state index is 14.5. The first-order chi connectivity index (χ1) is 18.6. The first-order valence-corrected chi connectivity index (χ1v) is 12.5. The van der Waals surface area contributed by atoms with Crippen molar-refractivity contribution in [1.29, 1.82) is 0 Å². The second-order valence-electron chi connectivity index (χ2n) is 9.42. The van der Waals surface area contributed by atoms with E-state index in [-0.39, 0.29) is 11.9 Å². The van der Waals surface area contributed by atoms with Gasteiger partial charge in [-0.15, -0.1) is 0 Å². The number of nitrogens with zero attached hydrogens (tertiary/aromatic N) is 4. The predicted molar refractivity (Wildman–Crippen MR) is 148 cm³/mol. The lowest BCUT2D eigenvalue weighted by atomic mass is 9.97. The van der Waals surface area contributed by atoms with Crippen LogP contribution in [0.2, 0.25) is 0 Å². The molecule has 1 fully saturated rings. The second kappa shape index (κ2) is 10.0. The van der Waals surface area contributed by atoms with Crippen molar-refractivity contribution in [2.45, 2.75) is 18.9 Å². The summed E-state index contributed by atoms with van der Waals surface area (Å²) >= 11 is 0. The molecule has 1 aliphatic rings. The van der Waals surface area contributed by atoms with Crippen molar-refractivity contribution in [3.63, 3.8) is 0 Å². The number of aromatic amines is 1. The number of fused-ring (bicyclic) bond motifs is 2. The van der Waals surface area contributed by atoms with Gasteiger partial charge >= 0.3 is 0 Å². The Bertz CT molecular complexity index is 1680. The van der Waals surface area contributed by atoms with E-state index in [4.69, 9.17) is 0 Å². The minimum absolute atomic E-state index is 0.228. The van der Waals surface area contributed by atoms with E-state index in [1.165, 1.54) is 12.4 Å². The van der Waals surface area contributed by atoms with Gasteiger partial charge in [-0.25, -0.2) is 14.4 Å². The van der Waals surface area contributed by atoms with Gasteiger partial charge in [-0.3, -0.25) is 14.8 Å². The first-order valence-electron chi connectivity index (χ1n) is 12.5. The molecule has 38 heavy (non-hydrogen) atoms. The molecular weight excluding hydrogens is 481 g/mol. The van der Waals surface area contributed by atoms with E-state index in [1.807, 2.05) is 36.4 Å². The highest BCUT2D eigenvalue weighted by molar-refractivity contribution is 6.12. The van der Waals surface area contributed by atoms with Crippen molar-refractivity contribution in [3.05, 3.63) is 85.1 Å². The van der Waals surface area contributed by atoms with E-state index in [2.05, 4.69) is 42.7 Å². The lowest BCUT2D eigenvalue weighted by Crippen LogP contribution is -2.23. The summed E-state index contributed by atoms with van der Waals surface area (Å²) in [6.45, 7) is 1.03. The summed E-state index contributed by atoms with van der Waals surface area (Å²) in [6.07, 6.45) is 8.90. The molecule has 0 spiro atoms. The number of halogens is 1. The van der Waals surface area contributed by atoms with Crippen molar-refractivity contribution < 1.29 is 9.18 Å². The number of likely N-dealkylation sites (N-methyl/N-ethyl adjacent to an activating group) is 1. The Kier molecular flexibility index (Phi) is 6.27. The van der Waals surface area contributed by atoms with Gasteiger partial charge in [0.05, 0.1) is 28.3 Å². The third kappa shape index (κ3) is 4.59. The Hall–Kier alpha value is -4.63. The molecule has 1 atom stereocenters. The number of hydrogen-bond acceptors (Lipinski definition) is 6. The first kappa shape index (κ1) is 23.7. The van der Waals surface area contributed by atoms with E-state index in [1.54, 1.807) is 30.5 Å². The molecule has 2 aromatic heterocycles. The highest BCUT2D eigenvalue weighted by Gasteiger charge is 2.20. The third-order valence-corrected chi connectivity index (χ3v) is 6.97. The number of aromatic nitrogens is 4. The van der Waals surface area contributed by atoms with Crippen LogP contribution in [0.3, 0.4) is 0 Å². The van der Waals surface area contributed by atoms with Crippen LogP contribution in [0.1, 0.15) is 12.8 Å². The van der Waals surface area contributed by atoms with Gasteiger partial charge in [0.2, 0.25) is 5.91 Å². The van der Waals surface area contributed by atoms with Crippen LogP contribution in [0, 0.1) is 5.82 Å². The van der Waals surface area contributed by atoms with Crippen LogP contribution in [0.4, 0.5) is 21.6 Å². The fourth-order valence-electron chi connectivity index (χ4n) is 4.99. The Morgan fingerprint density at radius 2 is 2.03 bits per heavy atom. The van der Waals surface area contributed by atoms with Crippen molar-refractivity contribution in [3.8, 4) is 11.1 Å². The molecule has 1 saturated heterocycles. The number of likely N-dealkylation sites (tertiary alicyclic amines) is 1. The Balaban J connectivity index is 1.47. The fraction of sp³-hybridized carbons (Fsp3) is 0.172. The van der Waals surface area contributed by atoms with Gasteiger partial charge in [0.15, 0.2) is 0 Å². The molecule has 1 unspecified atom stereocenters. The van der Waals surface area contributed by atoms with Gasteiger partial charge in [0.25, 0.3) is 0 Å². The van der Waals surface area contributed by atoms with Crippen molar-refractivity contribution in [2.24, 2.45) is 0 Å². The van der Waals surface area contributed by atoms with Crippen LogP contribution >= 0.6 is 0 Å². The van der Waals surface area contributed by atoms with Crippen molar-refractivity contribution in [1.82, 2.24) is 25.1 Å². The molecule has 9 heteroatoms. The van der Waals surface area contributed by atoms with Gasteiger partial charge in [0.1, 0.15) is 18.0 Å². The SMILES string of the molecule is CN1CCCC1C=CC(=O)Nc1ccc2ncnc(Nc3ccccc3F)c2c1-c1ccc2cn[nH]c2c1. The second-order valence-corrected chi connectivity index (χ2v) is 9.42. The number of rotatable bonds is 6. The van der Waals surface area contributed by atoms with Crippen molar-refractivity contribution >= 4 is 44.9 Å². The number of carbonyl (C=O) groups excluding carboxylic acids is 1. The average molecular weight is 508 g/mol. The van der Waals surface area contributed by atoms with Crippen LogP contribution in [0.15, 0.2) is 79.3 Å². The minimum Gasteiger partial charge on any atom is -0.337 e. The zero-order valence-electron chi connectivity index (χ0n) is 20.8. The van der Waals surface area contributed by atoms with Crippen LogP contribution in [-0.2, 0) is 4.79 Å². The summed E-state index contributed by atoms with van der Waals surface area (Å²) in [5.41, 5.74) is 3.94. The zero-order valence-corrected chi connectivity index (χ0v) is 20.8. The van der Waals surface area contributed by atoms with Gasteiger partial charge in [-0.2, -0.15) is 5.10 Å². The summed E-state index contributed by atoms with van der Waals surface area (Å²) < 4.78 is 14.5. The number of nitrogens with one attached hydrogen (secondary N) is 3. The molecule has 0 bridgehead atoms. The molecule has 8 nitrogen and oxygen atoms in total. The summed E-state index contributed by atoms with van der Waals surface area (Å²) in [4.78, 5) is 24.2. The summed E-state index contributed by atoms with van der Waals surface area (Å²) in [7, 11) is 2.07. The molecule has 3 aromatic carbocycles. The van der Waals surface area contributed by atoms with Crippen LogP contribution in [-0.4, -0.2) is 50.6 Å². The van der Waals surface area contributed by atoms with E-state index < -0.39 is 5.82 Å². The predicted octanol–water partition coefficient (Wildman–Crippen LogP) is 5.64. The van der Waals surface area contributed by atoms with E-state index >= 15 is 0 Å². The molecule has 1 aliphatic heterocycles. The molecule has 0 saturated carbocycles. The molecule has 5 aromatic rings. The van der Waals surface area contributed by atoms with Gasteiger partial charge in [0, 0.05) is 28.8 Å². The van der Waals surface area contributed by atoms with Gasteiger partial charge < -0.3 is 10.6 Å².